The van der Waals surface area contributed by atoms with Crippen molar-refractivity contribution in [1.29, 1.82) is 0 Å². The summed E-state index contributed by atoms with van der Waals surface area (Å²) in [6, 6.07) is 8.96. The fourth-order valence-electron chi connectivity index (χ4n) is 2.44. The summed E-state index contributed by atoms with van der Waals surface area (Å²) in [5.74, 6) is 0.971. The van der Waals surface area contributed by atoms with Crippen LogP contribution in [-0.4, -0.2) is 54.1 Å². The molecular weight excluding hydrogens is 342 g/mol. The zero-order valence-electron chi connectivity index (χ0n) is 16.7. The molecule has 0 bridgehead atoms. The van der Waals surface area contributed by atoms with Gasteiger partial charge in [0.1, 0.15) is 11.4 Å². The third-order valence-electron chi connectivity index (χ3n) is 3.64. The number of nitrogens with zero attached hydrogens (tertiary/aromatic N) is 3. The van der Waals surface area contributed by atoms with Gasteiger partial charge in [-0.05, 0) is 78.2 Å². The summed E-state index contributed by atoms with van der Waals surface area (Å²) in [5, 5.41) is 6.04. The van der Waals surface area contributed by atoms with E-state index in [0.717, 1.165) is 31.0 Å². The van der Waals surface area contributed by atoms with Crippen molar-refractivity contribution in [3.63, 3.8) is 0 Å². The molecule has 1 aromatic heterocycles. The van der Waals surface area contributed by atoms with Crippen LogP contribution in [-0.2, 0) is 0 Å². The molecule has 0 aliphatic heterocycles. The first-order valence-electron chi connectivity index (χ1n) is 9.16. The minimum absolute atomic E-state index is 0.109. The van der Waals surface area contributed by atoms with Gasteiger partial charge in [-0.15, -0.1) is 0 Å². The van der Waals surface area contributed by atoms with Gasteiger partial charge >= 0.3 is 0 Å². The smallest absolute Gasteiger partial charge is 0.274 e. The Bertz CT molecular complexity index is 745. The summed E-state index contributed by atoms with van der Waals surface area (Å²) in [7, 11) is 4.07. The molecular formula is C20H29N5O2. The lowest BCUT2D eigenvalue weighted by Crippen LogP contribution is -2.19. The van der Waals surface area contributed by atoms with Gasteiger partial charge in [0.15, 0.2) is 0 Å². The molecule has 27 heavy (non-hydrogen) atoms. The number of benzene rings is 1. The van der Waals surface area contributed by atoms with Crippen LogP contribution in [0.25, 0.3) is 0 Å². The highest BCUT2D eigenvalue weighted by atomic mass is 16.5. The lowest BCUT2D eigenvalue weighted by atomic mass is 10.2. The quantitative estimate of drug-likeness (QED) is 0.659. The Kier molecular flexibility index (Phi) is 7.55. The number of ether oxygens (including phenoxy) is 1. The Morgan fingerprint density at radius 3 is 2.52 bits per heavy atom. The lowest BCUT2D eigenvalue weighted by molar-refractivity contribution is 0.102. The highest BCUT2D eigenvalue weighted by Crippen LogP contribution is 2.17. The van der Waals surface area contributed by atoms with Crippen LogP contribution in [0.2, 0.25) is 0 Å². The van der Waals surface area contributed by atoms with Crippen molar-refractivity contribution < 1.29 is 9.53 Å². The van der Waals surface area contributed by atoms with E-state index >= 15 is 0 Å². The number of aromatic nitrogens is 2. The van der Waals surface area contributed by atoms with Gasteiger partial charge in [0, 0.05) is 17.9 Å². The van der Waals surface area contributed by atoms with Gasteiger partial charge in [-0.25, -0.2) is 9.97 Å². The number of hydrogen-bond acceptors (Lipinski definition) is 6. The van der Waals surface area contributed by atoms with Crippen molar-refractivity contribution in [2.45, 2.75) is 33.3 Å². The zero-order valence-corrected chi connectivity index (χ0v) is 16.7. The van der Waals surface area contributed by atoms with Gasteiger partial charge < -0.3 is 20.3 Å². The Morgan fingerprint density at radius 2 is 1.89 bits per heavy atom. The summed E-state index contributed by atoms with van der Waals surface area (Å²) in [5.41, 5.74) is 1.76. The third-order valence-corrected chi connectivity index (χ3v) is 3.64. The van der Waals surface area contributed by atoms with Crippen LogP contribution in [0.1, 0.15) is 36.5 Å². The van der Waals surface area contributed by atoms with E-state index in [2.05, 4.69) is 25.5 Å². The SMILES string of the molecule is Cc1cc(C(=O)Nc2ccc(OC(C)C)cc2)nc(NCCCN(C)C)n1. The Morgan fingerprint density at radius 1 is 1.19 bits per heavy atom. The summed E-state index contributed by atoms with van der Waals surface area (Å²) in [4.78, 5) is 23.3. The van der Waals surface area contributed by atoms with Crippen molar-refractivity contribution >= 4 is 17.5 Å². The monoisotopic (exact) mass is 371 g/mol. The molecule has 0 aliphatic carbocycles. The van der Waals surface area contributed by atoms with Crippen molar-refractivity contribution in [2.75, 3.05) is 37.8 Å². The van der Waals surface area contributed by atoms with Gasteiger partial charge in [0.05, 0.1) is 6.10 Å². The molecule has 2 rings (SSSR count). The molecule has 0 saturated heterocycles. The second kappa shape index (κ2) is 9.87. The van der Waals surface area contributed by atoms with E-state index in [4.69, 9.17) is 4.74 Å². The van der Waals surface area contributed by atoms with Gasteiger partial charge in [-0.1, -0.05) is 0 Å². The second-order valence-corrected chi connectivity index (χ2v) is 6.95. The maximum Gasteiger partial charge on any atom is 0.274 e. The van der Waals surface area contributed by atoms with Crippen LogP contribution in [0.5, 0.6) is 5.75 Å². The van der Waals surface area contributed by atoms with E-state index in [1.165, 1.54) is 0 Å². The van der Waals surface area contributed by atoms with Crippen molar-refractivity contribution in [3.8, 4) is 5.75 Å². The predicted molar refractivity (Wildman–Crippen MR) is 109 cm³/mol. The molecule has 0 radical (unpaired) electrons. The first kappa shape index (κ1) is 20.6. The van der Waals surface area contributed by atoms with E-state index < -0.39 is 0 Å². The maximum absolute atomic E-state index is 12.5. The summed E-state index contributed by atoms with van der Waals surface area (Å²) in [6.07, 6.45) is 1.08. The predicted octanol–water partition coefficient (Wildman–Crippen LogP) is 3.19. The third kappa shape index (κ3) is 7.22. The van der Waals surface area contributed by atoms with Crippen LogP contribution in [0.15, 0.2) is 30.3 Å². The van der Waals surface area contributed by atoms with Crippen molar-refractivity contribution in [3.05, 3.63) is 41.7 Å². The highest BCUT2D eigenvalue weighted by molar-refractivity contribution is 6.03. The molecule has 2 aromatic rings. The van der Waals surface area contributed by atoms with E-state index in [0.29, 0.717) is 17.3 Å². The van der Waals surface area contributed by atoms with Crippen LogP contribution in [0.4, 0.5) is 11.6 Å². The topological polar surface area (TPSA) is 79.4 Å². The maximum atomic E-state index is 12.5. The molecule has 7 heteroatoms. The number of carbonyl (C=O) groups excluding carboxylic acids is 1. The molecule has 1 aromatic carbocycles. The minimum Gasteiger partial charge on any atom is -0.491 e. The summed E-state index contributed by atoms with van der Waals surface area (Å²) in [6.45, 7) is 7.52. The van der Waals surface area contributed by atoms with Gasteiger partial charge in [-0.2, -0.15) is 0 Å². The number of anilines is 2. The lowest BCUT2D eigenvalue weighted by Gasteiger charge is -2.12. The van der Waals surface area contributed by atoms with Crippen LogP contribution in [0.3, 0.4) is 0 Å². The second-order valence-electron chi connectivity index (χ2n) is 6.95. The van der Waals surface area contributed by atoms with E-state index in [1.807, 2.05) is 59.1 Å². The fourth-order valence-corrected chi connectivity index (χ4v) is 2.44. The summed E-state index contributed by atoms with van der Waals surface area (Å²) >= 11 is 0. The van der Waals surface area contributed by atoms with Gasteiger partial charge in [-0.3, -0.25) is 4.79 Å². The molecule has 146 valence electrons. The molecule has 2 N–H and O–H groups in total. The van der Waals surface area contributed by atoms with Crippen molar-refractivity contribution in [2.24, 2.45) is 0 Å². The number of amides is 1. The van der Waals surface area contributed by atoms with Crippen LogP contribution in [0, 0.1) is 6.92 Å². The number of nitrogens with one attached hydrogen (secondary N) is 2. The van der Waals surface area contributed by atoms with Crippen molar-refractivity contribution in [1.82, 2.24) is 14.9 Å². The Balaban J connectivity index is 1.98. The van der Waals surface area contributed by atoms with Gasteiger partial charge in [0.2, 0.25) is 5.95 Å². The average Bonchev–Trinajstić information content (AvgIpc) is 2.59. The molecule has 0 aliphatic rings. The largest absolute Gasteiger partial charge is 0.491 e. The van der Waals surface area contributed by atoms with E-state index in [9.17, 15) is 4.79 Å². The molecule has 0 atom stereocenters. The van der Waals surface area contributed by atoms with Crippen LogP contribution >= 0.6 is 0 Å². The number of rotatable bonds is 9. The first-order valence-corrected chi connectivity index (χ1v) is 9.16. The van der Waals surface area contributed by atoms with E-state index in [1.54, 1.807) is 6.07 Å². The first-order chi connectivity index (χ1) is 12.8. The molecule has 0 spiro atoms. The standard InChI is InChI=1S/C20H29N5O2/c1-14(2)27-17-9-7-16(8-10-17)23-19(26)18-13-15(3)22-20(24-18)21-11-6-12-25(4)5/h7-10,13-14H,6,11-12H2,1-5H3,(H,23,26)(H,21,22,24). The van der Waals surface area contributed by atoms with Crippen LogP contribution < -0.4 is 15.4 Å². The molecule has 7 nitrogen and oxygen atoms in total. The molecule has 0 fully saturated rings. The fraction of sp³-hybridized carbons (Fsp3) is 0.450. The average molecular weight is 371 g/mol. The Hall–Kier alpha value is -2.67. The zero-order chi connectivity index (χ0) is 19.8. The number of carbonyl (C=O) groups is 1. The number of aryl methyl sites for hydroxylation is 1. The molecule has 0 saturated carbocycles. The Labute approximate surface area is 161 Å². The van der Waals surface area contributed by atoms with Gasteiger partial charge in [0.25, 0.3) is 5.91 Å². The molecule has 0 unspecified atom stereocenters. The molecule has 1 heterocycles. The summed E-state index contributed by atoms with van der Waals surface area (Å²) < 4.78 is 5.61. The molecule has 1 amide bonds. The highest BCUT2D eigenvalue weighted by Gasteiger charge is 2.11. The normalized spacial score (nSPS) is 10.9. The minimum atomic E-state index is -0.269. The van der Waals surface area contributed by atoms with E-state index in [-0.39, 0.29) is 12.0 Å². The number of hydrogen-bond donors (Lipinski definition) is 2.